The van der Waals surface area contributed by atoms with Crippen molar-refractivity contribution in [2.75, 3.05) is 29.9 Å². The summed E-state index contributed by atoms with van der Waals surface area (Å²) in [6.07, 6.45) is 9.19. The van der Waals surface area contributed by atoms with E-state index in [2.05, 4.69) is 30.3 Å². The van der Waals surface area contributed by atoms with Gasteiger partial charge in [-0.2, -0.15) is 5.10 Å². The number of aryl methyl sites for hydroxylation is 1. The number of carbonyl (C=O) groups excluding carboxylic acids is 1. The van der Waals surface area contributed by atoms with Gasteiger partial charge in [0, 0.05) is 48.9 Å². The van der Waals surface area contributed by atoms with Crippen LogP contribution in [0.15, 0.2) is 51.9 Å². The average molecular weight is 594 g/mol. The molecule has 2 fully saturated rings. The van der Waals surface area contributed by atoms with E-state index in [1.165, 1.54) is 28.8 Å². The Bertz CT molecular complexity index is 1460. The van der Waals surface area contributed by atoms with Crippen LogP contribution in [0, 0.1) is 5.41 Å². The number of nitrogens with one attached hydrogen (secondary N) is 2. The number of anilines is 2. The maximum Gasteiger partial charge on any atom is 0.334 e. The van der Waals surface area contributed by atoms with Crippen LogP contribution >= 0.6 is 23.4 Å². The Morgan fingerprint density at radius 1 is 1.23 bits per heavy atom. The van der Waals surface area contributed by atoms with Crippen LogP contribution in [0.2, 0.25) is 5.02 Å². The SMILES string of the molecule is C[C@@H]1OCC2(CCN(c3cnc(Sc4ccnc(NC(=O)NS(=O)(=O)c5cnn(C)c5)c4Cl)cn3)CC2)[C@@H]1N. The van der Waals surface area contributed by atoms with Gasteiger partial charge in [0.1, 0.15) is 15.7 Å². The first-order chi connectivity index (χ1) is 18.6. The highest BCUT2D eigenvalue weighted by Crippen LogP contribution is 2.42. The van der Waals surface area contributed by atoms with Crippen molar-refractivity contribution >= 4 is 51.1 Å². The summed E-state index contributed by atoms with van der Waals surface area (Å²) >= 11 is 7.70. The number of hydrogen-bond donors (Lipinski definition) is 3. The third-order valence-electron chi connectivity index (χ3n) is 7.06. The van der Waals surface area contributed by atoms with Gasteiger partial charge in [-0.3, -0.25) is 10.00 Å². The fraction of sp³-hybridized carbons (Fsp3) is 0.435. The molecule has 2 aliphatic heterocycles. The smallest absolute Gasteiger partial charge is 0.334 e. The number of sulfonamides is 1. The van der Waals surface area contributed by atoms with Crippen LogP contribution in [0.4, 0.5) is 16.4 Å². The van der Waals surface area contributed by atoms with Crippen molar-refractivity contribution in [2.24, 2.45) is 18.2 Å². The average Bonchev–Trinajstić information content (AvgIpc) is 3.47. The Morgan fingerprint density at radius 3 is 2.62 bits per heavy atom. The predicted molar refractivity (Wildman–Crippen MR) is 145 cm³/mol. The summed E-state index contributed by atoms with van der Waals surface area (Å²) in [5.74, 6) is 0.778. The number of nitrogens with zero attached hydrogens (tertiary/aromatic N) is 6. The summed E-state index contributed by atoms with van der Waals surface area (Å²) in [6, 6.07) is 0.698. The molecule has 208 valence electrons. The quantitative estimate of drug-likeness (QED) is 0.383. The number of rotatable bonds is 6. The number of aromatic nitrogens is 5. The van der Waals surface area contributed by atoms with Gasteiger partial charge in [0.15, 0.2) is 5.82 Å². The first kappa shape index (κ1) is 27.6. The molecule has 0 radical (unpaired) electrons. The van der Waals surface area contributed by atoms with Crippen LogP contribution in [0.3, 0.4) is 0 Å². The van der Waals surface area contributed by atoms with Crippen molar-refractivity contribution in [3.63, 3.8) is 0 Å². The van der Waals surface area contributed by atoms with Crippen molar-refractivity contribution in [1.82, 2.24) is 29.5 Å². The first-order valence-electron chi connectivity index (χ1n) is 12.2. The fourth-order valence-electron chi connectivity index (χ4n) is 4.74. The van der Waals surface area contributed by atoms with E-state index in [1.807, 2.05) is 11.6 Å². The Labute approximate surface area is 234 Å². The molecule has 13 nitrogen and oxygen atoms in total. The van der Waals surface area contributed by atoms with Crippen LogP contribution < -0.4 is 20.7 Å². The number of hydrogen-bond acceptors (Lipinski definition) is 11. The third-order valence-corrected chi connectivity index (χ3v) is 9.82. The van der Waals surface area contributed by atoms with Crippen LogP contribution in [0.5, 0.6) is 0 Å². The van der Waals surface area contributed by atoms with Crippen LogP contribution in [0.25, 0.3) is 0 Å². The number of pyridine rings is 1. The normalized spacial score (nSPS) is 20.8. The topological polar surface area (TPSA) is 170 Å². The van der Waals surface area contributed by atoms with Gasteiger partial charge in [0.05, 0.1) is 36.3 Å². The van der Waals surface area contributed by atoms with E-state index in [0.717, 1.165) is 37.9 Å². The third kappa shape index (κ3) is 5.82. The molecule has 0 aromatic carbocycles. The summed E-state index contributed by atoms with van der Waals surface area (Å²) in [5.41, 5.74) is 6.45. The molecular formula is C23H28ClN9O4S2. The van der Waals surface area contributed by atoms with E-state index in [9.17, 15) is 13.2 Å². The van der Waals surface area contributed by atoms with Gasteiger partial charge in [0.2, 0.25) is 0 Å². The minimum atomic E-state index is -4.11. The molecule has 3 aromatic rings. The van der Waals surface area contributed by atoms with E-state index < -0.39 is 16.1 Å². The van der Waals surface area contributed by atoms with Crippen LogP contribution in [-0.4, -0.2) is 71.0 Å². The predicted octanol–water partition coefficient (Wildman–Crippen LogP) is 2.25. The van der Waals surface area contributed by atoms with Gasteiger partial charge in [-0.15, -0.1) is 0 Å². The lowest BCUT2D eigenvalue weighted by molar-refractivity contribution is 0.0974. The molecule has 39 heavy (non-hydrogen) atoms. The molecule has 0 unspecified atom stereocenters. The monoisotopic (exact) mass is 593 g/mol. The Hall–Kier alpha value is -2.98. The zero-order valence-corrected chi connectivity index (χ0v) is 23.6. The summed E-state index contributed by atoms with van der Waals surface area (Å²) in [5, 5.41) is 6.90. The van der Waals surface area contributed by atoms with Gasteiger partial charge < -0.3 is 15.4 Å². The van der Waals surface area contributed by atoms with Crippen molar-refractivity contribution in [2.45, 2.75) is 46.7 Å². The second kappa shape index (κ2) is 10.9. The molecular weight excluding hydrogens is 566 g/mol. The summed E-state index contributed by atoms with van der Waals surface area (Å²) in [4.78, 5) is 28.1. The number of piperidine rings is 1. The van der Waals surface area contributed by atoms with E-state index >= 15 is 0 Å². The van der Waals surface area contributed by atoms with Crippen LogP contribution in [0.1, 0.15) is 19.8 Å². The number of nitrogens with two attached hydrogens (primary N) is 1. The van der Waals surface area contributed by atoms with E-state index in [-0.39, 0.29) is 33.3 Å². The highest BCUT2D eigenvalue weighted by atomic mass is 35.5. The van der Waals surface area contributed by atoms with Gasteiger partial charge in [-0.1, -0.05) is 23.4 Å². The molecule has 5 rings (SSSR count). The van der Waals surface area contributed by atoms with E-state index in [1.54, 1.807) is 25.5 Å². The fourth-order valence-corrected chi connectivity index (χ4v) is 6.65. The first-order valence-corrected chi connectivity index (χ1v) is 14.8. The molecule has 0 bridgehead atoms. The van der Waals surface area contributed by atoms with Crippen LogP contribution in [-0.2, 0) is 21.8 Å². The number of halogens is 1. The van der Waals surface area contributed by atoms with Gasteiger partial charge >= 0.3 is 6.03 Å². The lowest BCUT2D eigenvalue weighted by Crippen LogP contribution is -2.50. The molecule has 0 saturated carbocycles. The van der Waals surface area contributed by atoms with Crippen molar-refractivity contribution in [1.29, 1.82) is 0 Å². The maximum atomic E-state index is 12.4. The Balaban J connectivity index is 1.20. The maximum absolute atomic E-state index is 12.4. The molecule has 2 atom stereocenters. The zero-order valence-electron chi connectivity index (χ0n) is 21.2. The second-order valence-corrected chi connectivity index (χ2v) is 12.7. The molecule has 2 amide bonds. The molecule has 0 aliphatic carbocycles. The highest BCUT2D eigenvalue weighted by molar-refractivity contribution is 7.99. The molecule has 16 heteroatoms. The lowest BCUT2D eigenvalue weighted by Gasteiger charge is -2.41. The Morgan fingerprint density at radius 2 is 2.00 bits per heavy atom. The number of ether oxygens (including phenoxy) is 1. The lowest BCUT2D eigenvalue weighted by atomic mass is 9.73. The minimum absolute atomic E-state index is 0.00389. The van der Waals surface area contributed by atoms with Crippen molar-refractivity contribution < 1.29 is 17.9 Å². The van der Waals surface area contributed by atoms with Crippen molar-refractivity contribution in [3.8, 4) is 0 Å². The summed E-state index contributed by atoms with van der Waals surface area (Å²) < 4.78 is 33.7. The highest BCUT2D eigenvalue weighted by Gasteiger charge is 2.47. The number of carbonyl (C=O) groups is 1. The molecule has 3 aromatic heterocycles. The van der Waals surface area contributed by atoms with Gasteiger partial charge in [0.25, 0.3) is 10.0 Å². The second-order valence-electron chi connectivity index (χ2n) is 9.59. The number of urea groups is 1. The van der Waals surface area contributed by atoms with Gasteiger partial charge in [-0.25, -0.2) is 32.9 Å². The zero-order chi connectivity index (χ0) is 27.8. The minimum Gasteiger partial charge on any atom is -0.376 e. The van der Waals surface area contributed by atoms with E-state index in [4.69, 9.17) is 22.1 Å². The molecule has 2 saturated heterocycles. The molecule has 1 spiro atoms. The largest absolute Gasteiger partial charge is 0.376 e. The van der Waals surface area contributed by atoms with Crippen molar-refractivity contribution in [3.05, 3.63) is 42.1 Å². The molecule has 2 aliphatic rings. The Kier molecular flexibility index (Phi) is 7.70. The standard InChI is InChI=1S/C23H28ClN9O4S2/c1-14-20(25)23(13-37-14)4-7-33(8-5-23)17-10-28-18(11-27-17)38-16-3-6-26-21(19(16)24)30-22(34)31-39(35,36)15-9-29-32(2)12-15/h3,6,9-12,14,20H,4-5,7-8,13,25H2,1-2H3,(H2,26,30,31,34)/t14-,20+/m0/s1. The number of amides is 2. The van der Waals surface area contributed by atoms with E-state index in [0.29, 0.717) is 16.5 Å². The molecule has 5 heterocycles. The summed E-state index contributed by atoms with van der Waals surface area (Å²) in [7, 11) is -2.55. The molecule has 4 N–H and O–H groups in total. The van der Waals surface area contributed by atoms with Gasteiger partial charge in [-0.05, 0) is 25.8 Å². The summed E-state index contributed by atoms with van der Waals surface area (Å²) in [6.45, 7) is 4.39.